The van der Waals surface area contributed by atoms with Crippen LogP contribution in [0.3, 0.4) is 0 Å². The summed E-state index contributed by atoms with van der Waals surface area (Å²) in [5.74, 6) is -0.877. The van der Waals surface area contributed by atoms with Crippen LogP contribution in [0.1, 0.15) is 20.9 Å². The van der Waals surface area contributed by atoms with Crippen LogP contribution in [0, 0.1) is 20.8 Å². The maximum atomic E-state index is 13.0. The lowest BCUT2D eigenvalue weighted by atomic mass is 10.1. The summed E-state index contributed by atoms with van der Waals surface area (Å²) in [5, 5.41) is 5.71. The standard InChI is InChI=1S/C23H22N2O2S/c1-15-8-4-6-10-20(15)24-22(26)19(14-18-13-12-17(3)28-18)23(27)25-21-11-7-5-9-16(21)2/h4-14H,1-3H3,(H,24,26)(H,25,27). The number of hydrogen-bond acceptors (Lipinski definition) is 3. The van der Waals surface area contributed by atoms with E-state index in [-0.39, 0.29) is 5.57 Å². The quantitative estimate of drug-likeness (QED) is 0.351. The van der Waals surface area contributed by atoms with Crippen LogP contribution in [0.15, 0.2) is 66.2 Å². The van der Waals surface area contributed by atoms with Gasteiger partial charge in [0.15, 0.2) is 0 Å². The Balaban J connectivity index is 1.92. The van der Waals surface area contributed by atoms with Crippen molar-refractivity contribution in [2.24, 2.45) is 0 Å². The molecule has 2 N–H and O–H groups in total. The molecule has 2 aromatic carbocycles. The Hall–Kier alpha value is -3.18. The monoisotopic (exact) mass is 390 g/mol. The maximum absolute atomic E-state index is 13.0. The van der Waals surface area contributed by atoms with E-state index < -0.39 is 11.8 Å². The highest BCUT2D eigenvalue weighted by Gasteiger charge is 2.20. The van der Waals surface area contributed by atoms with E-state index in [0.29, 0.717) is 11.4 Å². The van der Waals surface area contributed by atoms with Gasteiger partial charge in [-0.15, -0.1) is 11.3 Å². The molecule has 1 heterocycles. The van der Waals surface area contributed by atoms with Crippen molar-refractivity contribution in [3.63, 3.8) is 0 Å². The summed E-state index contributed by atoms with van der Waals surface area (Å²) in [6.07, 6.45) is 1.64. The zero-order chi connectivity index (χ0) is 20.1. The molecule has 0 unspecified atom stereocenters. The minimum Gasteiger partial charge on any atom is -0.322 e. The number of benzene rings is 2. The topological polar surface area (TPSA) is 58.2 Å². The normalized spacial score (nSPS) is 10.2. The summed E-state index contributed by atoms with van der Waals surface area (Å²) >= 11 is 1.53. The number of carbonyl (C=O) groups is 2. The van der Waals surface area contributed by atoms with E-state index in [4.69, 9.17) is 0 Å². The molecule has 5 heteroatoms. The lowest BCUT2D eigenvalue weighted by molar-refractivity contribution is -0.118. The molecule has 0 bridgehead atoms. The zero-order valence-electron chi connectivity index (χ0n) is 16.1. The third-order valence-corrected chi connectivity index (χ3v) is 5.27. The van der Waals surface area contributed by atoms with Gasteiger partial charge in [0.2, 0.25) is 0 Å². The molecule has 28 heavy (non-hydrogen) atoms. The van der Waals surface area contributed by atoms with Gasteiger partial charge in [0.05, 0.1) is 0 Å². The van der Waals surface area contributed by atoms with E-state index in [2.05, 4.69) is 10.6 Å². The second kappa shape index (κ2) is 8.67. The number of hydrogen-bond donors (Lipinski definition) is 2. The molecule has 1 aromatic heterocycles. The van der Waals surface area contributed by atoms with E-state index in [1.54, 1.807) is 6.08 Å². The van der Waals surface area contributed by atoms with Crippen LogP contribution in [0.25, 0.3) is 6.08 Å². The molecule has 0 aliphatic rings. The minimum atomic E-state index is -0.438. The number of nitrogens with one attached hydrogen (secondary N) is 2. The SMILES string of the molecule is Cc1ccc(C=C(C(=O)Nc2ccccc2C)C(=O)Nc2ccccc2C)s1. The Bertz CT molecular complexity index is 989. The number of rotatable bonds is 5. The fourth-order valence-corrected chi connectivity index (χ4v) is 3.53. The van der Waals surface area contributed by atoms with Gasteiger partial charge in [0.25, 0.3) is 11.8 Å². The van der Waals surface area contributed by atoms with Gasteiger partial charge in [0, 0.05) is 21.1 Å². The molecule has 4 nitrogen and oxygen atoms in total. The first-order valence-corrected chi connectivity index (χ1v) is 9.78. The first-order chi connectivity index (χ1) is 13.4. The van der Waals surface area contributed by atoms with Gasteiger partial charge in [0.1, 0.15) is 5.57 Å². The molecule has 2 amide bonds. The fraction of sp³-hybridized carbons (Fsp3) is 0.130. The Labute approximate surface area is 168 Å². The molecule has 0 aliphatic heterocycles. The molecule has 0 fully saturated rings. The van der Waals surface area contributed by atoms with Gasteiger partial charge in [-0.2, -0.15) is 0 Å². The second-order valence-electron chi connectivity index (χ2n) is 6.54. The van der Waals surface area contributed by atoms with Gasteiger partial charge in [-0.3, -0.25) is 9.59 Å². The number of thiophene rings is 1. The molecule has 0 spiro atoms. The lowest BCUT2D eigenvalue weighted by Gasteiger charge is -2.12. The van der Waals surface area contributed by atoms with Crippen LogP contribution in [0.2, 0.25) is 0 Å². The average molecular weight is 391 g/mol. The van der Waals surface area contributed by atoms with E-state index >= 15 is 0 Å². The van der Waals surface area contributed by atoms with E-state index in [9.17, 15) is 9.59 Å². The number of carbonyl (C=O) groups excluding carboxylic acids is 2. The maximum Gasteiger partial charge on any atom is 0.261 e. The van der Waals surface area contributed by atoms with Crippen LogP contribution < -0.4 is 10.6 Å². The number of aryl methyl sites for hydroxylation is 3. The van der Waals surface area contributed by atoms with Gasteiger partial charge in [-0.1, -0.05) is 36.4 Å². The number of amides is 2. The Morgan fingerprint density at radius 3 is 1.68 bits per heavy atom. The smallest absolute Gasteiger partial charge is 0.261 e. The summed E-state index contributed by atoms with van der Waals surface area (Å²) in [4.78, 5) is 27.9. The van der Waals surface area contributed by atoms with Crippen LogP contribution >= 0.6 is 11.3 Å². The number of anilines is 2. The molecule has 0 radical (unpaired) electrons. The van der Waals surface area contributed by atoms with Crippen molar-refractivity contribution in [1.82, 2.24) is 0 Å². The highest BCUT2D eigenvalue weighted by atomic mass is 32.1. The van der Waals surface area contributed by atoms with Gasteiger partial charge < -0.3 is 10.6 Å². The fourth-order valence-electron chi connectivity index (χ4n) is 2.71. The van der Waals surface area contributed by atoms with Crippen molar-refractivity contribution >= 4 is 40.6 Å². The summed E-state index contributed by atoms with van der Waals surface area (Å²) in [7, 11) is 0. The third-order valence-electron chi connectivity index (χ3n) is 4.32. The summed E-state index contributed by atoms with van der Waals surface area (Å²) in [6, 6.07) is 18.8. The van der Waals surface area contributed by atoms with Gasteiger partial charge in [-0.05, 0) is 62.2 Å². The molecule has 0 saturated carbocycles. The molecule has 3 rings (SSSR count). The molecule has 0 aliphatic carbocycles. The molecular weight excluding hydrogens is 368 g/mol. The molecule has 0 atom stereocenters. The van der Waals surface area contributed by atoms with Crippen molar-refractivity contribution in [1.29, 1.82) is 0 Å². The minimum absolute atomic E-state index is 0.0633. The highest BCUT2D eigenvalue weighted by Crippen LogP contribution is 2.22. The van der Waals surface area contributed by atoms with Crippen molar-refractivity contribution < 1.29 is 9.59 Å². The predicted molar refractivity (Wildman–Crippen MR) is 117 cm³/mol. The molecule has 3 aromatic rings. The van der Waals surface area contributed by atoms with Crippen molar-refractivity contribution in [2.45, 2.75) is 20.8 Å². The Morgan fingerprint density at radius 2 is 1.25 bits per heavy atom. The Morgan fingerprint density at radius 1 is 0.750 bits per heavy atom. The summed E-state index contributed by atoms with van der Waals surface area (Å²) in [5.41, 5.74) is 3.30. The summed E-state index contributed by atoms with van der Waals surface area (Å²) < 4.78 is 0. The second-order valence-corrected chi connectivity index (χ2v) is 7.86. The number of para-hydroxylation sites is 2. The zero-order valence-corrected chi connectivity index (χ0v) is 16.9. The largest absolute Gasteiger partial charge is 0.322 e. The Kier molecular flexibility index (Phi) is 6.06. The predicted octanol–water partition coefficient (Wildman–Crippen LogP) is 5.33. The first-order valence-electron chi connectivity index (χ1n) is 8.96. The molecule has 0 saturated heterocycles. The van der Waals surface area contributed by atoms with Gasteiger partial charge >= 0.3 is 0 Å². The van der Waals surface area contributed by atoms with E-state index in [1.807, 2.05) is 81.4 Å². The molecular formula is C23H22N2O2S. The van der Waals surface area contributed by atoms with Crippen LogP contribution in [0.5, 0.6) is 0 Å². The van der Waals surface area contributed by atoms with Crippen molar-refractivity contribution in [3.05, 3.63) is 87.1 Å². The van der Waals surface area contributed by atoms with Crippen LogP contribution in [-0.2, 0) is 9.59 Å². The van der Waals surface area contributed by atoms with Crippen molar-refractivity contribution in [2.75, 3.05) is 10.6 Å². The van der Waals surface area contributed by atoms with E-state index in [0.717, 1.165) is 20.9 Å². The third kappa shape index (κ3) is 4.75. The molecule has 142 valence electrons. The average Bonchev–Trinajstić information content (AvgIpc) is 3.08. The first kappa shape index (κ1) is 19.6. The van der Waals surface area contributed by atoms with Crippen molar-refractivity contribution in [3.8, 4) is 0 Å². The van der Waals surface area contributed by atoms with Crippen LogP contribution in [-0.4, -0.2) is 11.8 Å². The van der Waals surface area contributed by atoms with Crippen LogP contribution in [0.4, 0.5) is 11.4 Å². The van der Waals surface area contributed by atoms with Gasteiger partial charge in [-0.25, -0.2) is 0 Å². The lowest BCUT2D eigenvalue weighted by Crippen LogP contribution is -2.25. The highest BCUT2D eigenvalue weighted by molar-refractivity contribution is 7.12. The summed E-state index contributed by atoms with van der Waals surface area (Å²) in [6.45, 7) is 5.81. The van der Waals surface area contributed by atoms with E-state index in [1.165, 1.54) is 11.3 Å².